The lowest BCUT2D eigenvalue weighted by atomic mass is 9.92. The predicted octanol–water partition coefficient (Wildman–Crippen LogP) is 0.699. The molecule has 1 amide bonds. The van der Waals surface area contributed by atoms with Crippen molar-refractivity contribution in [2.24, 2.45) is 5.92 Å². The van der Waals surface area contributed by atoms with Crippen molar-refractivity contribution in [1.82, 2.24) is 9.80 Å². The second-order valence-corrected chi connectivity index (χ2v) is 4.47. The van der Waals surface area contributed by atoms with E-state index in [1.807, 2.05) is 25.1 Å². The van der Waals surface area contributed by atoms with Crippen LogP contribution in [-0.2, 0) is 4.79 Å². The van der Waals surface area contributed by atoms with Crippen LogP contribution in [0.4, 0.5) is 0 Å². The van der Waals surface area contributed by atoms with Crippen molar-refractivity contribution in [2.45, 2.75) is 25.8 Å². The van der Waals surface area contributed by atoms with Crippen LogP contribution in [0.15, 0.2) is 0 Å². The molecule has 0 saturated carbocycles. The van der Waals surface area contributed by atoms with Crippen molar-refractivity contribution in [3.63, 3.8) is 0 Å². The molecule has 4 heteroatoms. The minimum atomic E-state index is -0.0312. The highest BCUT2D eigenvalue weighted by molar-refractivity contribution is 5.78. The number of nitrogens with zero attached hydrogens (tertiary/aromatic N) is 3. The van der Waals surface area contributed by atoms with Gasteiger partial charge in [0.15, 0.2) is 0 Å². The Kier molecular flexibility index (Phi) is 4.10. The third-order valence-electron chi connectivity index (χ3n) is 3.16. The summed E-state index contributed by atoms with van der Waals surface area (Å²) in [6, 6.07) is 2.33. The van der Waals surface area contributed by atoms with E-state index in [0.29, 0.717) is 12.0 Å². The van der Waals surface area contributed by atoms with Gasteiger partial charge in [0, 0.05) is 19.1 Å². The van der Waals surface area contributed by atoms with E-state index in [1.165, 1.54) is 0 Å². The number of carbonyl (C=O) groups excluding carboxylic acids is 1. The summed E-state index contributed by atoms with van der Waals surface area (Å²) in [5.74, 6) is 0.586. The lowest BCUT2D eigenvalue weighted by Gasteiger charge is -2.40. The molecule has 2 atom stereocenters. The Morgan fingerprint density at radius 1 is 1.60 bits per heavy atom. The van der Waals surface area contributed by atoms with Gasteiger partial charge in [-0.15, -0.1) is 0 Å². The number of hydrogen-bond acceptors (Lipinski definition) is 3. The van der Waals surface area contributed by atoms with E-state index in [0.717, 1.165) is 19.5 Å². The number of amides is 1. The third-order valence-corrected chi connectivity index (χ3v) is 3.16. The van der Waals surface area contributed by atoms with Crippen molar-refractivity contribution in [1.29, 1.82) is 5.26 Å². The summed E-state index contributed by atoms with van der Waals surface area (Å²) in [4.78, 5) is 15.5. The summed E-state index contributed by atoms with van der Waals surface area (Å²) in [7, 11) is 4.08. The molecule has 1 heterocycles. The number of nitriles is 1. The van der Waals surface area contributed by atoms with E-state index in [1.54, 1.807) is 0 Å². The molecule has 0 spiro atoms. The maximum Gasteiger partial charge on any atom is 0.236 e. The number of piperidine rings is 1. The van der Waals surface area contributed by atoms with Crippen LogP contribution in [-0.4, -0.2) is 48.9 Å². The van der Waals surface area contributed by atoms with Crippen molar-refractivity contribution < 1.29 is 4.79 Å². The topological polar surface area (TPSA) is 47.3 Å². The molecule has 2 unspecified atom stereocenters. The number of carbonyl (C=O) groups is 1. The standard InChI is InChI=1S/C11H19N3O/c1-9-5-7-14(11(15)4-6-12)8-10(9)13(2)3/h9-10H,4-5,7-8H2,1-3H3. The van der Waals surface area contributed by atoms with Crippen molar-refractivity contribution in [3.05, 3.63) is 0 Å². The number of likely N-dealkylation sites (N-methyl/N-ethyl adjacent to an activating group) is 1. The molecule has 15 heavy (non-hydrogen) atoms. The molecule has 0 N–H and O–H groups in total. The van der Waals surface area contributed by atoms with Crippen molar-refractivity contribution in [2.75, 3.05) is 27.2 Å². The Morgan fingerprint density at radius 2 is 2.27 bits per heavy atom. The maximum atomic E-state index is 11.6. The highest BCUT2D eigenvalue weighted by Crippen LogP contribution is 2.20. The molecular weight excluding hydrogens is 190 g/mol. The summed E-state index contributed by atoms with van der Waals surface area (Å²) in [6.45, 7) is 3.78. The van der Waals surface area contributed by atoms with E-state index in [-0.39, 0.29) is 12.3 Å². The number of hydrogen-bond donors (Lipinski definition) is 0. The Morgan fingerprint density at radius 3 is 2.80 bits per heavy atom. The summed E-state index contributed by atoms with van der Waals surface area (Å²) < 4.78 is 0. The van der Waals surface area contributed by atoms with Gasteiger partial charge in [0.1, 0.15) is 6.42 Å². The lowest BCUT2D eigenvalue weighted by Crippen LogP contribution is -2.51. The molecule has 1 aliphatic rings. The van der Waals surface area contributed by atoms with Gasteiger partial charge in [-0.3, -0.25) is 4.79 Å². The second kappa shape index (κ2) is 5.13. The number of rotatable bonds is 2. The van der Waals surface area contributed by atoms with Gasteiger partial charge in [0.2, 0.25) is 5.91 Å². The van der Waals surface area contributed by atoms with Gasteiger partial charge < -0.3 is 9.80 Å². The van der Waals surface area contributed by atoms with E-state index in [4.69, 9.17) is 5.26 Å². The fourth-order valence-electron chi connectivity index (χ4n) is 2.13. The van der Waals surface area contributed by atoms with E-state index in [2.05, 4.69) is 11.8 Å². The first-order valence-corrected chi connectivity index (χ1v) is 5.37. The van der Waals surface area contributed by atoms with Gasteiger partial charge in [-0.2, -0.15) is 5.26 Å². The zero-order chi connectivity index (χ0) is 11.4. The fraction of sp³-hybridized carbons (Fsp3) is 0.818. The summed E-state index contributed by atoms with van der Waals surface area (Å²) in [5.41, 5.74) is 0. The highest BCUT2D eigenvalue weighted by atomic mass is 16.2. The van der Waals surface area contributed by atoms with Crippen LogP contribution in [0.3, 0.4) is 0 Å². The second-order valence-electron chi connectivity index (χ2n) is 4.47. The minimum Gasteiger partial charge on any atom is -0.340 e. The molecule has 0 bridgehead atoms. The summed E-state index contributed by atoms with van der Waals surface area (Å²) >= 11 is 0. The lowest BCUT2D eigenvalue weighted by molar-refractivity contribution is -0.132. The monoisotopic (exact) mass is 209 g/mol. The zero-order valence-electron chi connectivity index (χ0n) is 9.73. The van der Waals surface area contributed by atoms with Crippen LogP contribution in [0, 0.1) is 17.2 Å². The molecule has 0 radical (unpaired) electrons. The first-order chi connectivity index (χ1) is 7.06. The molecule has 4 nitrogen and oxygen atoms in total. The quantitative estimate of drug-likeness (QED) is 0.672. The molecular formula is C11H19N3O. The highest BCUT2D eigenvalue weighted by Gasteiger charge is 2.29. The Balaban J connectivity index is 2.58. The van der Waals surface area contributed by atoms with Crippen LogP contribution in [0.1, 0.15) is 19.8 Å². The van der Waals surface area contributed by atoms with Gasteiger partial charge in [-0.05, 0) is 26.4 Å². The van der Waals surface area contributed by atoms with Crippen LogP contribution in [0.2, 0.25) is 0 Å². The maximum absolute atomic E-state index is 11.6. The third kappa shape index (κ3) is 2.93. The van der Waals surface area contributed by atoms with E-state index in [9.17, 15) is 4.79 Å². The van der Waals surface area contributed by atoms with Gasteiger partial charge in [-0.25, -0.2) is 0 Å². The normalized spacial score (nSPS) is 26.5. The zero-order valence-corrected chi connectivity index (χ0v) is 9.73. The average Bonchev–Trinajstić information content (AvgIpc) is 2.18. The largest absolute Gasteiger partial charge is 0.340 e. The average molecular weight is 209 g/mol. The predicted molar refractivity (Wildman–Crippen MR) is 58.1 cm³/mol. The SMILES string of the molecule is CC1CCN(C(=O)CC#N)CC1N(C)C. The van der Waals surface area contributed by atoms with Crippen LogP contribution in [0.5, 0.6) is 0 Å². The van der Waals surface area contributed by atoms with E-state index < -0.39 is 0 Å². The van der Waals surface area contributed by atoms with Crippen molar-refractivity contribution >= 4 is 5.91 Å². The Labute approximate surface area is 91.5 Å². The van der Waals surface area contributed by atoms with Crippen molar-refractivity contribution in [3.8, 4) is 6.07 Å². The number of likely N-dealkylation sites (tertiary alicyclic amines) is 1. The van der Waals surface area contributed by atoms with Gasteiger partial charge in [0.25, 0.3) is 0 Å². The van der Waals surface area contributed by atoms with Gasteiger partial charge >= 0.3 is 0 Å². The molecule has 0 aromatic heterocycles. The summed E-state index contributed by atoms with van der Waals surface area (Å²) in [5, 5.41) is 8.49. The molecule has 0 aliphatic carbocycles. The van der Waals surface area contributed by atoms with Gasteiger partial charge in [0.05, 0.1) is 6.07 Å². The minimum absolute atomic E-state index is 0.00846. The molecule has 1 saturated heterocycles. The van der Waals surface area contributed by atoms with E-state index >= 15 is 0 Å². The Bertz CT molecular complexity index is 269. The molecule has 1 aliphatic heterocycles. The molecule has 1 rings (SSSR count). The molecule has 0 aromatic carbocycles. The smallest absolute Gasteiger partial charge is 0.236 e. The fourth-order valence-corrected chi connectivity index (χ4v) is 2.13. The Hall–Kier alpha value is -1.08. The summed E-state index contributed by atoms with van der Waals surface area (Å²) in [6.07, 6.45) is 1.04. The first kappa shape index (κ1) is 12.0. The molecule has 84 valence electrons. The first-order valence-electron chi connectivity index (χ1n) is 5.37. The van der Waals surface area contributed by atoms with Crippen LogP contribution < -0.4 is 0 Å². The van der Waals surface area contributed by atoms with Crippen LogP contribution in [0.25, 0.3) is 0 Å². The molecule has 1 fully saturated rings. The van der Waals surface area contributed by atoms with Gasteiger partial charge in [-0.1, -0.05) is 6.92 Å². The van der Waals surface area contributed by atoms with Crippen LogP contribution >= 0.6 is 0 Å². The molecule has 0 aromatic rings.